The third-order valence-electron chi connectivity index (χ3n) is 6.51. The zero-order chi connectivity index (χ0) is 31.9. The number of benzene rings is 2. The largest absolute Gasteiger partial charge is 0.496 e. The maximum atomic E-state index is 12.1. The highest BCUT2D eigenvalue weighted by atomic mass is 35.5. The minimum atomic E-state index is -0.487. The number of nitrogens with zero attached hydrogens (tertiary/aromatic N) is 6. The number of aromatic nitrogens is 6. The van der Waals surface area contributed by atoms with Crippen molar-refractivity contribution in [1.29, 1.82) is 0 Å². The SMILES string of the molecule is CCOC(=O)c1cc(Cl)nn2cc(-c3ccccc3OC)nc12.CCOC(=O)c1ccnn2cc(-c3ccccc3OC)nc12. The number of methoxy groups -OCH3 is 2. The summed E-state index contributed by atoms with van der Waals surface area (Å²) in [6, 6.07) is 18.1. The van der Waals surface area contributed by atoms with Crippen LogP contribution in [0.15, 0.2) is 79.3 Å². The fraction of sp³-hybridized carbons (Fsp3) is 0.188. The fourth-order valence-electron chi connectivity index (χ4n) is 4.54. The maximum Gasteiger partial charge on any atom is 0.342 e. The number of rotatable bonds is 8. The van der Waals surface area contributed by atoms with E-state index < -0.39 is 11.9 Å². The van der Waals surface area contributed by atoms with Crippen molar-refractivity contribution in [2.75, 3.05) is 27.4 Å². The summed E-state index contributed by atoms with van der Waals surface area (Å²) >= 11 is 5.99. The minimum Gasteiger partial charge on any atom is -0.496 e. The Kier molecular flexibility index (Phi) is 9.54. The lowest BCUT2D eigenvalue weighted by Gasteiger charge is -2.04. The lowest BCUT2D eigenvalue weighted by molar-refractivity contribution is 0.0518. The van der Waals surface area contributed by atoms with Crippen LogP contribution in [0.4, 0.5) is 0 Å². The van der Waals surface area contributed by atoms with Gasteiger partial charge in [-0.1, -0.05) is 35.9 Å². The van der Waals surface area contributed by atoms with Crippen molar-refractivity contribution in [2.24, 2.45) is 0 Å². The Bertz CT molecular complexity index is 1990. The van der Waals surface area contributed by atoms with E-state index in [4.69, 9.17) is 30.5 Å². The number of esters is 2. The number of imidazole rings is 2. The van der Waals surface area contributed by atoms with Crippen LogP contribution < -0.4 is 9.47 Å². The molecule has 6 rings (SSSR count). The zero-order valence-electron chi connectivity index (χ0n) is 24.9. The van der Waals surface area contributed by atoms with Gasteiger partial charge in [-0.3, -0.25) is 0 Å². The van der Waals surface area contributed by atoms with Gasteiger partial charge >= 0.3 is 11.9 Å². The number of para-hydroxylation sites is 2. The van der Waals surface area contributed by atoms with Gasteiger partial charge in [-0.15, -0.1) is 0 Å². The van der Waals surface area contributed by atoms with E-state index in [1.165, 1.54) is 10.6 Å². The molecule has 0 N–H and O–H groups in total. The summed E-state index contributed by atoms with van der Waals surface area (Å²) in [5.41, 5.74) is 4.45. The Hall–Kier alpha value is -5.49. The Balaban J connectivity index is 0.000000178. The van der Waals surface area contributed by atoms with Crippen molar-refractivity contribution in [3.05, 3.63) is 95.5 Å². The van der Waals surface area contributed by atoms with Crippen molar-refractivity contribution >= 4 is 34.8 Å². The lowest BCUT2D eigenvalue weighted by atomic mass is 10.1. The van der Waals surface area contributed by atoms with Crippen molar-refractivity contribution in [3.8, 4) is 34.0 Å². The first kappa shape index (κ1) is 31.0. The number of fused-ring (bicyclic) bond motifs is 2. The highest BCUT2D eigenvalue weighted by molar-refractivity contribution is 6.29. The van der Waals surface area contributed by atoms with Crippen LogP contribution in [0.5, 0.6) is 11.5 Å². The molecule has 4 heterocycles. The number of hydrogen-bond acceptors (Lipinski definition) is 10. The van der Waals surface area contributed by atoms with Crippen LogP contribution in [0.2, 0.25) is 5.15 Å². The molecule has 0 aliphatic heterocycles. The molecule has 13 heteroatoms. The van der Waals surface area contributed by atoms with Crippen molar-refractivity contribution < 1.29 is 28.5 Å². The molecular weight excluding hydrogens is 600 g/mol. The molecule has 0 unspecified atom stereocenters. The van der Waals surface area contributed by atoms with Gasteiger partial charge in [-0.2, -0.15) is 10.2 Å². The van der Waals surface area contributed by atoms with Crippen LogP contribution in [0.1, 0.15) is 34.6 Å². The molecule has 0 aliphatic carbocycles. The Morgan fingerprint density at radius 3 is 1.80 bits per heavy atom. The summed E-state index contributed by atoms with van der Waals surface area (Å²) in [7, 11) is 3.20. The molecule has 0 radical (unpaired) electrons. The topological polar surface area (TPSA) is 131 Å². The first-order valence-corrected chi connectivity index (χ1v) is 14.3. The Morgan fingerprint density at radius 1 is 0.733 bits per heavy atom. The van der Waals surface area contributed by atoms with Gasteiger partial charge in [0.05, 0.1) is 51.2 Å². The molecule has 6 aromatic rings. The average Bonchev–Trinajstić information content (AvgIpc) is 3.69. The molecule has 0 fully saturated rings. The van der Waals surface area contributed by atoms with Crippen LogP contribution in [0.25, 0.3) is 33.8 Å². The molecule has 0 spiro atoms. The molecule has 0 atom stereocenters. The number of hydrogen-bond donors (Lipinski definition) is 0. The summed E-state index contributed by atoms with van der Waals surface area (Å²) in [5, 5.41) is 8.53. The molecule has 0 bridgehead atoms. The van der Waals surface area contributed by atoms with Crippen molar-refractivity contribution in [3.63, 3.8) is 0 Å². The van der Waals surface area contributed by atoms with Crippen LogP contribution in [0, 0.1) is 0 Å². The van der Waals surface area contributed by atoms with Gasteiger partial charge < -0.3 is 18.9 Å². The van der Waals surface area contributed by atoms with Crippen LogP contribution in [-0.2, 0) is 9.47 Å². The van der Waals surface area contributed by atoms with E-state index in [1.807, 2.05) is 48.5 Å². The summed E-state index contributed by atoms with van der Waals surface area (Å²) in [4.78, 5) is 33.1. The third kappa shape index (κ3) is 6.55. The second-order valence-corrected chi connectivity index (χ2v) is 9.64. The van der Waals surface area contributed by atoms with Crippen molar-refractivity contribution in [2.45, 2.75) is 13.8 Å². The van der Waals surface area contributed by atoms with Crippen LogP contribution in [0.3, 0.4) is 0 Å². The maximum absolute atomic E-state index is 12.1. The normalized spacial score (nSPS) is 10.7. The quantitative estimate of drug-likeness (QED) is 0.190. The molecule has 12 nitrogen and oxygen atoms in total. The summed E-state index contributed by atoms with van der Waals surface area (Å²) in [6.45, 7) is 4.09. The second kappa shape index (κ2) is 13.9. The van der Waals surface area contributed by atoms with E-state index >= 15 is 0 Å². The van der Waals surface area contributed by atoms with Gasteiger partial charge in [-0.05, 0) is 50.2 Å². The van der Waals surface area contributed by atoms with Crippen LogP contribution >= 0.6 is 11.6 Å². The van der Waals surface area contributed by atoms with Gasteiger partial charge in [0.15, 0.2) is 16.4 Å². The zero-order valence-corrected chi connectivity index (χ0v) is 25.7. The Labute approximate surface area is 263 Å². The monoisotopic (exact) mass is 628 g/mol. The van der Waals surface area contributed by atoms with E-state index in [9.17, 15) is 9.59 Å². The molecule has 2 aromatic carbocycles. The minimum absolute atomic E-state index is 0.185. The molecule has 0 saturated heterocycles. The van der Waals surface area contributed by atoms with E-state index in [0.29, 0.717) is 46.4 Å². The smallest absolute Gasteiger partial charge is 0.342 e. The number of carbonyl (C=O) groups is 2. The summed E-state index contributed by atoms with van der Waals surface area (Å²) in [6.07, 6.45) is 5.00. The molecular formula is C32H29ClN6O6. The molecule has 230 valence electrons. The number of halogens is 1. The first-order chi connectivity index (χ1) is 21.9. The number of ether oxygens (including phenoxy) is 4. The van der Waals surface area contributed by atoms with Gasteiger partial charge in [0.2, 0.25) is 0 Å². The van der Waals surface area contributed by atoms with Gasteiger partial charge in [-0.25, -0.2) is 28.6 Å². The van der Waals surface area contributed by atoms with E-state index in [1.54, 1.807) is 57.2 Å². The average molecular weight is 629 g/mol. The molecule has 4 aromatic heterocycles. The number of carbonyl (C=O) groups excluding carboxylic acids is 2. The standard InChI is InChI=1S/C16H14ClN3O3.C16H15N3O3/c1-3-23-16(21)11-8-14(17)19-20-9-12(18-15(11)20)10-6-4-5-7-13(10)22-2;1-3-22-16(20)12-8-9-17-19-10-13(18-15(12)19)11-6-4-5-7-14(11)21-2/h4-9H,3H2,1-2H3;4-10H,3H2,1-2H3. The van der Waals surface area contributed by atoms with Gasteiger partial charge in [0, 0.05) is 17.3 Å². The van der Waals surface area contributed by atoms with Gasteiger partial charge in [0.25, 0.3) is 0 Å². The molecule has 0 amide bonds. The van der Waals surface area contributed by atoms with Gasteiger partial charge in [0.1, 0.15) is 22.6 Å². The lowest BCUT2D eigenvalue weighted by Crippen LogP contribution is -2.08. The molecule has 45 heavy (non-hydrogen) atoms. The predicted molar refractivity (Wildman–Crippen MR) is 167 cm³/mol. The summed E-state index contributed by atoms with van der Waals surface area (Å²) < 4.78 is 23.8. The van der Waals surface area contributed by atoms with E-state index in [2.05, 4.69) is 20.2 Å². The second-order valence-electron chi connectivity index (χ2n) is 9.26. The van der Waals surface area contributed by atoms with Crippen LogP contribution in [-0.4, -0.2) is 68.6 Å². The fourth-order valence-corrected chi connectivity index (χ4v) is 4.73. The predicted octanol–water partition coefficient (Wildman–Crippen LogP) is 5.82. The molecule has 0 saturated carbocycles. The highest BCUT2D eigenvalue weighted by Gasteiger charge is 2.19. The third-order valence-corrected chi connectivity index (χ3v) is 6.70. The molecule has 0 aliphatic rings. The summed E-state index contributed by atoms with van der Waals surface area (Å²) in [5.74, 6) is 0.495. The Morgan fingerprint density at radius 2 is 1.24 bits per heavy atom. The van der Waals surface area contributed by atoms with E-state index in [-0.39, 0.29) is 17.3 Å². The first-order valence-electron chi connectivity index (χ1n) is 13.9. The van der Waals surface area contributed by atoms with E-state index in [0.717, 1.165) is 11.1 Å². The highest BCUT2D eigenvalue weighted by Crippen LogP contribution is 2.31. The van der Waals surface area contributed by atoms with Crippen molar-refractivity contribution in [1.82, 2.24) is 29.2 Å².